The molecule has 15 heavy (non-hydrogen) atoms. The second kappa shape index (κ2) is 4.64. The van der Waals surface area contributed by atoms with E-state index in [1.807, 2.05) is 17.1 Å². The molecule has 1 aromatic rings. The molecule has 0 unspecified atom stereocenters. The third-order valence-corrected chi connectivity index (χ3v) is 3.12. The van der Waals surface area contributed by atoms with E-state index in [0.29, 0.717) is 5.92 Å². The monoisotopic (exact) mass is 206 g/mol. The summed E-state index contributed by atoms with van der Waals surface area (Å²) >= 11 is 0. The molecule has 1 aliphatic rings. The van der Waals surface area contributed by atoms with Crippen molar-refractivity contribution in [3.8, 4) is 5.75 Å². The third-order valence-electron chi connectivity index (χ3n) is 3.12. The summed E-state index contributed by atoms with van der Waals surface area (Å²) in [4.78, 5) is 0. The van der Waals surface area contributed by atoms with Crippen molar-refractivity contribution in [2.75, 3.05) is 20.2 Å². The van der Waals surface area contributed by atoms with Crippen LogP contribution in [0.2, 0.25) is 0 Å². The number of hydrazine groups is 1. The van der Waals surface area contributed by atoms with E-state index < -0.39 is 0 Å². The summed E-state index contributed by atoms with van der Waals surface area (Å²) in [6.07, 6.45) is 2.31. The molecule has 2 N–H and O–H groups in total. The van der Waals surface area contributed by atoms with Crippen molar-refractivity contribution in [3.05, 3.63) is 29.8 Å². The van der Waals surface area contributed by atoms with Gasteiger partial charge in [0.15, 0.2) is 0 Å². The zero-order valence-corrected chi connectivity index (χ0v) is 9.15. The standard InChI is InChI=1S/C12H18N2O/c1-15-12-4-2-10(3-5-12)11-6-8-14(13)9-7-11/h2-5,11H,6-9,13H2,1H3. The normalized spacial score (nSPS) is 19.1. The maximum Gasteiger partial charge on any atom is 0.118 e. The first-order valence-corrected chi connectivity index (χ1v) is 5.43. The van der Waals surface area contributed by atoms with E-state index in [1.165, 1.54) is 5.56 Å². The van der Waals surface area contributed by atoms with Crippen molar-refractivity contribution in [2.24, 2.45) is 5.84 Å². The van der Waals surface area contributed by atoms with Crippen LogP contribution in [0.3, 0.4) is 0 Å². The van der Waals surface area contributed by atoms with Crippen LogP contribution in [0.5, 0.6) is 5.75 Å². The number of methoxy groups -OCH3 is 1. The summed E-state index contributed by atoms with van der Waals surface area (Å²) in [6.45, 7) is 1.99. The molecule has 0 spiro atoms. The predicted octanol–water partition coefficient (Wildman–Crippen LogP) is 1.75. The van der Waals surface area contributed by atoms with Crippen molar-refractivity contribution >= 4 is 0 Å². The highest BCUT2D eigenvalue weighted by molar-refractivity contribution is 5.29. The Balaban J connectivity index is 2.03. The number of hydrogen-bond donors (Lipinski definition) is 1. The molecule has 1 aromatic carbocycles. The van der Waals surface area contributed by atoms with Gasteiger partial charge in [0, 0.05) is 13.1 Å². The lowest BCUT2D eigenvalue weighted by Gasteiger charge is -2.28. The van der Waals surface area contributed by atoms with Crippen LogP contribution in [0.4, 0.5) is 0 Å². The van der Waals surface area contributed by atoms with Crippen LogP contribution in [0, 0.1) is 0 Å². The van der Waals surface area contributed by atoms with E-state index in [2.05, 4.69) is 12.1 Å². The fourth-order valence-corrected chi connectivity index (χ4v) is 2.11. The number of nitrogens with two attached hydrogens (primary N) is 1. The molecule has 0 radical (unpaired) electrons. The van der Waals surface area contributed by atoms with Crippen molar-refractivity contribution in [1.82, 2.24) is 5.01 Å². The minimum atomic E-state index is 0.663. The quantitative estimate of drug-likeness (QED) is 0.749. The molecule has 3 nitrogen and oxygen atoms in total. The molecule has 0 aliphatic carbocycles. The molecular formula is C12H18N2O. The van der Waals surface area contributed by atoms with Crippen molar-refractivity contribution in [2.45, 2.75) is 18.8 Å². The molecule has 0 aromatic heterocycles. The van der Waals surface area contributed by atoms with E-state index in [0.717, 1.165) is 31.7 Å². The Hall–Kier alpha value is -1.06. The van der Waals surface area contributed by atoms with Gasteiger partial charge in [-0.25, -0.2) is 5.01 Å². The van der Waals surface area contributed by atoms with E-state index in [4.69, 9.17) is 10.6 Å². The van der Waals surface area contributed by atoms with Crippen LogP contribution < -0.4 is 10.6 Å². The summed E-state index contributed by atoms with van der Waals surface area (Å²) in [5, 5.41) is 1.90. The predicted molar refractivity (Wildman–Crippen MR) is 60.7 cm³/mol. The molecule has 0 amide bonds. The minimum absolute atomic E-state index is 0.663. The van der Waals surface area contributed by atoms with Gasteiger partial charge in [-0.15, -0.1) is 0 Å². The maximum atomic E-state index is 5.73. The Labute approximate surface area is 90.8 Å². The summed E-state index contributed by atoms with van der Waals surface area (Å²) in [5.74, 6) is 7.32. The van der Waals surface area contributed by atoms with E-state index in [9.17, 15) is 0 Å². The summed E-state index contributed by atoms with van der Waals surface area (Å²) in [6, 6.07) is 8.39. The first kappa shape index (κ1) is 10.5. The molecule has 1 heterocycles. The summed E-state index contributed by atoms with van der Waals surface area (Å²) in [5.41, 5.74) is 1.41. The highest BCUT2D eigenvalue weighted by Crippen LogP contribution is 2.28. The fourth-order valence-electron chi connectivity index (χ4n) is 2.11. The Morgan fingerprint density at radius 2 is 1.80 bits per heavy atom. The summed E-state index contributed by atoms with van der Waals surface area (Å²) in [7, 11) is 1.70. The van der Waals surface area contributed by atoms with Gasteiger partial charge in [-0.05, 0) is 36.5 Å². The lowest BCUT2D eigenvalue weighted by molar-refractivity contribution is 0.217. The lowest BCUT2D eigenvalue weighted by Crippen LogP contribution is -2.38. The molecule has 1 saturated heterocycles. The van der Waals surface area contributed by atoms with Crippen molar-refractivity contribution < 1.29 is 4.74 Å². The zero-order chi connectivity index (χ0) is 10.7. The van der Waals surface area contributed by atoms with Gasteiger partial charge in [0.2, 0.25) is 0 Å². The molecule has 1 fully saturated rings. The number of nitrogens with zero attached hydrogens (tertiary/aromatic N) is 1. The molecule has 0 atom stereocenters. The largest absolute Gasteiger partial charge is 0.497 e. The molecule has 1 aliphatic heterocycles. The number of benzene rings is 1. The van der Waals surface area contributed by atoms with Gasteiger partial charge in [-0.1, -0.05) is 12.1 Å². The third kappa shape index (κ3) is 2.49. The molecule has 82 valence electrons. The summed E-state index contributed by atoms with van der Waals surface area (Å²) < 4.78 is 5.15. The first-order chi connectivity index (χ1) is 7.29. The number of rotatable bonds is 2. The second-order valence-electron chi connectivity index (χ2n) is 4.08. The van der Waals surface area contributed by atoms with Gasteiger partial charge in [0.25, 0.3) is 0 Å². The number of hydrogen-bond acceptors (Lipinski definition) is 3. The average molecular weight is 206 g/mol. The molecule has 0 bridgehead atoms. The Kier molecular flexibility index (Phi) is 3.23. The first-order valence-electron chi connectivity index (χ1n) is 5.43. The van der Waals surface area contributed by atoms with Gasteiger partial charge in [0.05, 0.1) is 7.11 Å². The average Bonchev–Trinajstić information content (AvgIpc) is 2.30. The highest BCUT2D eigenvalue weighted by atomic mass is 16.5. The van der Waals surface area contributed by atoms with Gasteiger partial charge in [0.1, 0.15) is 5.75 Å². The smallest absolute Gasteiger partial charge is 0.118 e. The van der Waals surface area contributed by atoms with Crippen molar-refractivity contribution in [3.63, 3.8) is 0 Å². The second-order valence-corrected chi connectivity index (χ2v) is 4.08. The molecule has 0 saturated carbocycles. The van der Waals surface area contributed by atoms with Crippen LogP contribution in [0.1, 0.15) is 24.3 Å². The van der Waals surface area contributed by atoms with Gasteiger partial charge in [-0.2, -0.15) is 0 Å². The highest BCUT2D eigenvalue weighted by Gasteiger charge is 2.18. The van der Waals surface area contributed by atoms with Crippen LogP contribution in [-0.4, -0.2) is 25.2 Å². The SMILES string of the molecule is COc1ccc(C2CCN(N)CC2)cc1. The van der Waals surface area contributed by atoms with E-state index in [-0.39, 0.29) is 0 Å². The van der Waals surface area contributed by atoms with Crippen LogP contribution >= 0.6 is 0 Å². The molecule has 3 heteroatoms. The number of piperidine rings is 1. The van der Waals surface area contributed by atoms with Crippen LogP contribution in [0.25, 0.3) is 0 Å². The van der Waals surface area contributed by atoms with Gasteiger partial charge >= 0.3 is 0 Å². The van der Waals surface area contributed by atoms with Gasteiger partial charge in [-0.3, -0.25) is 5.84 Å². The lowest BCUT2D eigenvalue weighted by atomic mass is 9.90. The Bertz CT molecular complexity index is 302. The van der Waals surface area contributed by atoms with Crippen molar-refractivity contribution in [1.29, 1.82) is 0 Å². The topological polar surface area (TPSA) is 38.5 Å². The van der Waals surface area contributed by atoms with Crippen LogP contribution in [0.15, 0.2) is 24.3 Å². The molecule has 2 rings (SSSR count). The number of ether oxygens (including phenoxy) is 1. The van der Waals surface area contributed by atoms with Crippen LogP contribution in [-0.2, 0) is 0 Å². The van der Waals surface area contributed by atoms with E-state index >= 15 is 0 Å². The van der Waals surface area contributed by atoms with E-state index in [1.54, 1.807) is 7.11 Å². The zero-order valence-electron chi connectivity index (χ0n) is 9.15. The van der Waals surface area contributed by atoms with Gasteiger partial charge < -0.3 is 4.74 Å². The Morgan fingerprint density at radius 3 is 2.33 bits per heavy atom. The Morgan fingerprint density at radius 1 is 1.20 bits per heavy atom. The fraction of sp³-hybridized carbons (Fsp3) is 0.500. The maximum absolute atomic E-state index is 5.73. The minimum Gasteiger partial charge on any atom is -0.497 e. The molecular weight excluding hydrogens is 188 g/mol.